The Bertz CT molecular complexity index is 4730. The van der Waals surface area contributed by atoms with E-state index in [1.807, 2.05) is 0 Å². The molecule has 4 heterocycles. The Morgan fingerprint density at radius 2 is 0.726 bits per heavy atom. The maximum Gasteiger partial charge on any atom is 0.252 e. The van der Waals surface area contributed by atoms with Crippen LogP contribution in [0, 0.1) is 6.92 Å². The first-order valence-electron chi connectivity index (χ1n) is 29.2. The first kappa shape index (κ1) is 48.0. The van der Waals surface area contributed by atoms with Gasteiger partial charge >= 0.3 is 0 Å². The third-order valence-corrected chi connectivity index (χ3v) is 17.9. The lowest BCUT2D eigenvalue weighted by molar-refractivity contribution is 1.24. The van der Waals surface area contributed by atoms with Crippen LogP contribution < -0.4 is 57.3 Å². The van der Waals surface area contributed by atoms with Gasteiger partial charge in [-0.05, 0) is 177 Å². The molecule has 0 unspecified atom stereocenters. The van der Waals surface area contributed by atoms with Crippen LogP contribution in [0.5, 0.6) is 0 Å². The summed E-state index contributed by atoms with van der Waals surface area (Å²) in [6.45, 7) is 2.20. The third kappa shape index (κ3) is 7.31. The van der Waals surface area contributed by atoms with Crippen molar-refractivity contribution in [2.24, 2.45) is 0 Å². The molecule has 4 aliphatic heterocycles. The van der Waals surface area contributed by atoms with Crippen molar-refractivity contribution in [3.8, 4) is 11.1 Å². The van der Waals surface area contributed by atoms with Crippen LogP contribution in [-0.4, -0.2) is 13.4 Å². The van der Waals surface area contributed by atoms with Gasteiger partial charge in [0.25, 0.3) is 13.4 Å². The maximum absolute atomic E-state index is 2.53. The lowest BCUT2D eigenvalue weighted by atomic mass is 9.33. The number of aryl methyl sites for hydroxylation is 1. The number of fused-ring (bicyclic) bond motifs is 10. The molecule has 7 heteroatoms. The van der Waals surface area contributed by atoms with Crippen molar-refractivity contribution in [1.29, 1.82) is 0 Å². The minimum atomic E-state index is 0.0141. The standard InChI is InChI=1S/C77H53B2N5/c1-52-39-44-59(45-40-52)83-70-36-19-35-69-76(70)78(63-30-14-17-33-67(63)81(69)56-24-7-3-8-25-56)65-49-48-60(51-74(65)83)80(55-22-5-2-6-23-55)58-46-41-54(42-47-58)61-28-13-16-32-66(61)84-68-34-18-15-31-64(68)79-75-62-29-12-11-21-53(62)43-50-73(75)82(57-26-9-4-10-27-57)71-37-20-38-72(84)77(71)79/h2-51H,1H3. The normalized spacial score (nSPS) is 13.2. The second-order valence-corrected chi connectivity index (χ2v) is 22.4. The maximum atomic E-state index is 2.53. The summed E-state index contributed by atoms with van der Waals surface area (Å²) >= 11 is 0. The quantitative estimate of drug-likeness (QED) is 0.141. The van der Waals surface area contributed by atoms with E-state index in [0.717, 1.165) is 56.6 Å². The molecule has 0 saturated heterocycles. The van der Waals surface area contributed by atoms with E-state index in [4.69, 9.17) is 0 Å². The average Bonchev–Trinajstić information content (AvgIpc) is 0.813. The first-order chi connectivity index (χ1) is 41.6. The zero-order chi connectivity index (χ0) is 55.4. The van der Waals surface area contributed by atoms with E-state index in [0.29, 0.717) is 0 Å². The molecule has 0 amide bonds. The lowest BCUT2D eigenvalue weighted by Crippen LogP contribution is -2.61. The molecule has 0 N–H and O–H groups in total. The van der Waals surface area contributed by atoms with Crippen molar-refractivity contribution in [3.05, 3.63) is 309 Å². The number of benzene rings is 13. The van der Waals surface area contributed by atoms with Gasteiger partial charge in [0.15, 0.2) is 0 Å². The Kier molecular flexibility index (Phi) is 11.0. The predicted molar refractivity (Wildman–Crippen MR) is 357 cm³/mol. The number of hydrogen-bond acceptors (Lipinski definition) is 5. The number of anilines is 15. The Morgan fingerprint density at radius 1 is 0.274 bits per heavy atom. The van der Waals surface area contributed by atoms with E-state index in [1.54, 1.807) is 0 Å². The molecule has 0 atom stereocenters. The van der Waals surface area contributed by atoms with E-state index < -0.39 is 0 Å². The van der Waals surface area contributed by atoms with Crippen molar-refractivity contribution >= 4 is 142 Å². The van der Waals surface area contributed by atoms with Crippen LogP contribution in [0.1, 0.15) is 5.56 Å². The summed E-state index contributed by atoms with van der Waals surface area (Å²) in [5.74, 6) is 0. The minimum absolute atomic E-state index is 0.0141. The Labute approximate surface area is 491 Å². The summed E-state index contributed by atoms with van der Waals surface area (Å²) in [6, 6.07) is 112. The minimum Gasteiger partial charge on any atom is -0.311 e. The monoisotopic (exact) mass is 1070 g/mol. The van der Waals surface area contributed by atoms with Crippen LogP contribution in [0.4, 0.5) is 85.3 Å². The third-order valence-electron chi connectivity index (χ3n) is 17.9. The van der Waals surface area contributed by atoms with Crippen molar-refractivity contribution in [2.75, 3.05) is 24.5 Å². The molecule has 84 heavy (non-hydrogen) atoms. The lowest BCUT2D eigenvalue weighted by Gasteiger charge is -2.44. The van der Waals surface area contributed by atoms with E-state index in [2.05, 4.69) is 335 Å². The summed E-state index contributed by atoms with van der Waals surface area (Å²) in [5.41, 5.74) is 28.7. The molecule has 13 aromatic carbocycles. The largest absolute Gasteiger partial charge is 0.311 e. The number of nitrogens with zero attached hydrogens (tertiary/aromatic N) is 5. The summed E-state index contributed by atoms with van der Waals surface area (Å²) in [5, 5.41) is 2.53. The van der Waals surface area contributed by atoms with Crippen molar-refractivity contribution < 1.29 is 0 Å². The van der Waals surface area contributed by atoms with Gasteiger partial charge in [-0.25, -0.2) is 0 Å². The zero-order valence-corrected chi connectivity index (χ0v) is 46.3. The van der Waals surface area contributed by atoms with Gasteiger partial charge in [0.05, 0.1) is 5.69 Å². The fraction of sp³-hybridized carbons (Fsp3) is 0.0130. The Morgan fingerprint density at radius 3 is 1.40 bits per heavy atom. The van der Waals surface area contributed by atoms with Crippen LogP contribution in [0.15, 0.2) is 303 Å². The molecule has 5 nitrogen and oxygen atoms in total. The van der Waals surface area contributed by atoms with Gasteiger partial charge in [0.1, 0.15) is 0 Å². The van der Waals surface area contributed by atoms with Crippen LogP contribution in [-0.2, 0) is 0 Å². The summed E-state index contributed by atoms with van der Waals surface area (Å²) in [4.78, 5) is 12.4. The SMILES string of the molecule is Cc1ccc(N2c3cc(N(c4ccccc4)c4ccc(-c5ccccc5N5c6ccccc6B6c7c(cccc75)N(c5ccccc5)c5ccc7ccccc7c56)cc4)ccc3B3c4ccccc4N(c4ccccc4)c4cccc2c43)cc1. The molecule has 0 aliphatic carbocycles. The molecule has 0 radical (unpaired) electrons. The van der Waals surface area contributed by atoms with Gasteiger partial charge in [0.2, 0.25) is 0 Å². The molecule has 0 spiro atoms. The Balaban J connectivity index is 0.802. The molecule has 17 rings (SSSR count). The molecule has 0 bridgehead atoms. The summed E-state index contributed by atoms with van der Waals surface area (Å²) in [7, 11) is 0. The molecule has 0 saturated carbocycles. The fourth-order valence-electron chi connectivity index (χ4n) is 14.3. The van der Waals surface area contributed by atoms with E-state index in [-0.39, 0.29) is 13.4 Å². The highest BCUT2D eigenvalue weighted by molar-refractivity contribution is 7.02. The van der Waals surface area contributed by atoms with Crippen molar-refractivity contribution in [1.82, 2.24) is 0 Å². The number of hydrogen-bond donors (Lipinski definition) is 0. The smallest absolute Gasteiger partial charge is 0.252 e. The van der Waals surface area contributed by atoms with Crippen molar-refractivity contribution in [2.45, 2.75) is 6.92 Å². The summed E-state index contributed by atoms with van der Waals surface area (Å²) in [6.07, 6.45) is 0. The number of rotatable bonds is 8. The topological polar surface area (TPSA) is 16.2 Å². The van der Waals surface area contributed by atoms with Gasteiger partial charge in [-0.2, -0.15) is 0 Å². The highest BCUT2D eigenvalue weighted by Crippen LogP contribution is 2.49. The molecule has 0 aromatic heterocycles. The molecule has 4 aliphatic rings. The highest BCUT2D eigenvalue weighted by atomic mass is 15.2. The summed E-state index contributed by atoms with van der Waals surface area (Å²) < 4.78 is 0. The van der Waals surface area contributed by atoms with Crippen LogP contribution in [0.3, 0.4) is 0 Å². The number of para-hydroxylation sites is 6. The van der Waals surface area contributed by atoms with Gasteiger partial charge in [0, 0.05) is 85.2 Å². The second kappa shape index (κ2) is 19.2. The zero-order valence-electron chi connectivity index (χ0n) is 46.3. The average molecular weight is 1070 g/mol. The van der Waals surface area contributed by atoms with Crippen LogP contribution in [0.25, 0.3) is 21.9 Å². The highest BCUT2D eigenvalue weighted by Gasteiger charge is 2.46. The predicted octanol–water partition coefficient (Wildman–Crippen LogP) is 16.5. The van der Waals surface area contributed by atoms with Gasteiger partial charge in [-0.3, -0.25) is 0 Å². The van der Waals surface area contributed by atoms with Crippen LogP contribution >= 0.6 is 0 Å². The van der Waals surface area contributed by atoms with Gasteiger partial charge in [-0.1, -0.05) is 188 Å². The molecule has 13 aromatic rings. The van der Waals surface area contributed by atoms with Gasteiger partial charge < -0.3 is 24.5 Å². The van der Waals surface area contributed by atoms with Gasteiger partial charge in [-0.15, -0.1) is 0 Å². The van der Waals surface area contributed by atoms with Crippen LogP contribution in [0.2, 0.25) is 0 Å². The molecular formula is C77H53B2N5. The first-order valence-corrected chi connectivity index (χ1v) is 29.2. The Hall–Kier alpha value is -10.8. The molecular weight excluding hydrogens is 1020 g/mol. The van der Waals surface area contributed by atoms with E-state index in [1.165, 1.54) is 88.9 Å². The van der Waals surface area contributed by atoms with E-state index >= 15 is 0 Å². The molecule has 392 valence electrons. The fourth-order valence-corrected chi connectivity index (χ4v) is 14.3. The molecule has 0 fully saturated rings. The van der Waals surface area contributed by atoms with E-state index in [9.17, 15) is 0 Å². The van der Waals surface area contributed by atoms with Crippen molar-refractivity contribution in [3.63, 3.8) is 0 Å². The second-order valence-electron chi connectivity index (χ2n) is 22.4.